The van der Waals surface area contributed by atoms with Gasteiger partial charge < -0.3 is 10.2 Å². The van der Waals surface area contributed by atoms with E-state index in [0.29, 0.717) is 12.8 Å². The smallest absolute Gasteiger partial charge is 0.303 e. The first-order chi connectivity index (χ1) is 17.4. The van der Waals surface area contributed by atoms with E-state index in [1.54, 1.807) is 0 Å². The maximum Gasteiger partial charge on any atom is 0.303 e. The van der Waals surface area contributed by atoms with Crippen molar-refractivity contribution in [3.8, 4) is 0 Å². The maximum absolute atomic E-state index is 10.2. The molecule has 2 N–H and O–H groups in total. The number of aliphatic carboxylic acids is 2. The topological polar surface area (TPSA) is 74.6 Å². The number of rotatable bonds is 22. The van der Waals surface area contributed by atoms with Crippen LogP contribution >= 0.6 is 0 Å². The van der Waals surface area contributed by atoms with E-state index in [1.807, 2.05) is 12.2 Å². The zero-order chi connectivity index (χ0) is 28.1. The molecule has 0 saturated carbocycles. The van der Waals surface area contributed by atoms with Crippen molar-refractivity contribution in [2.24, 2.45) is 0 Å². The minimum atomic E-state index is -0.659. The van der Waals surface area contributed by atoms with Crippen molar-refractivity contribution in [1.82, 2.24) is 0 Å². The summed E-state index contributed by atoms with van der Waals surface area (Å²) in [6.45, 7) is 15.5. The lowest BCUT2D eigenvalue weighted by molar-refractivity contribution is -0.138. The second-order valence-corrected chi connectivity index (χ2v) is 9.34. The predicted octanol–water partition coefficient (Wildman–Crippen LogP) is 11.1. The Morgan fingerprint density at radius 2 is 0.667 bits per heavy atom. The second-order valence-electron chi connectivity index (χ2n) is 9.34. The first kappa shape index (κ1) is 41.5. The molecule has 0 aliphatic rings. The summed E-state index contributed by atoms with van der Waals surface area (Å²) in [7, 11) is 0. The highest BCUT2D eigenvalue weighted by Gasteiger charge is 1.97. The van der Waals surface area contributed by atoms with Crippen molar-refractivity contribution in [3.63, 3.8) is 0 Å². The van der Waals surface area contributed by atoms with Gasteiger partial charge >= 0.3 is 11.9 Å². The highest BCUT2D eigenvalue weighted by molar-refractivity contribution is 5.66. The molecule has 0 spiro atoms. The Bertz CT molecular complexity index is 392. The lowest BCUT2D eigenvalue weighted by Gasteiger charge is -2.00. The second kappa shape index (κ2) is 43.5. The minimum Gasteiger partial charge on any atom is -0.481 e. The standard InChI is InChI=1S/2C12H24O2.2C4H8/c2*1-2-3-4-5-6-7-8-9-10-11-12(13)14;2*1-3-4-2/h2*2-11H2,1H3,(H,13,14);2*3H,1,4H2,2H3. The van der Waals surface area contributed by atoms with Crippen LogP contribution < -0.4 is 0 Å². The van der Waals surface area contributed by atoms with Gasteiger partial charge in [0.25, 0.3) is 0 Å². The lowest BCUT2D eigenvalue weighted by atomic mass is 10.1. The number of carbonyl (C=O) groups is 2. The van der Waals surface area contributed by atoms with Crippen LogP contribution in [0.25, 0.3) is 0 Å². The fourth-order valence-electron chi connectivity index (χ4n) is 3.17. The average molecular weight is 513 g/mol. The van der Waals surface area contributed by atoms with Gasteiger partial charge in [-0.2, -0.15) is 0 Å². The summed E-state index contributed by atoms with van der Waals surface area (Å²) >= 11 is 0. The summed E-state index contributed by atoms with van der Waals surface area (Å²) in [4.78, 5) is 20.4. The highest BCUT2D eigenvalue weighted by atomic mass is 16.4. The van der Waals surface area contributed by atoms with E-state index in [4.69, 9.17) is 10.2 Å². The summed E-state index contributed by atoms with van der Waals surface area (Å²) in [6, 6.07) is 0. The van der Waals surface area contributed by atoms with Crippen molar-refractivity contribution < 1.29 is 19.8 Å². The van der Waals surface area contributed by atoms with Crippen LogP contribution in [0.2, 0.25) is 0 Å². The first-order valence-corrected chi connectivity index (χ1v) is 15.0. The number of hydrogen-bond acceptors (Lipinski definition) is 2. The summed E-state index contributed by atoms with van der Waals surface area (Å²) in [5.41, 5.74) is 0. The molecule has 0 heterocycles. The largest absolute Gasteiger partial charge is 0.481 e. The molecule has 0 aliphatic heterocycles. The van der Waals surface area contributed by atoms with Gasteiger partial charge in [0.15, 0.2) is 0 Å². The third kappa shape index (κ3) is 63.7. The van der Waals surface area contributed by atoms with Crippen molar-refractivity contribution in [3.05, 3.63) is 25.3 Å². The number of carboxylic acids is 2. The van der Waals surface area contributed by atoms with Crippen LogP contribution in [0.3, 0.4) is 0 Å². The molecular weight excluding hydrogens is 448 g/mol. The zero-order valence-corrected chi connectivity index (χ0v) is 24.8. The van der Waals surface area contributed by atoms with Crippen LogP contribution in [0.1, 0.15) is 169 Å². The van der Waals surface area contributed by atoms with Crippen LogP contribution in [0.4, 0.5) is 0 Å². The molecule has 216 valence electrons. The summed E-state index contributed by atoms with van der Waals surface area (Å²) in [5.74, 6) is -1.32. The van der Waals surface area contributed by atoms with Gasteiger partial charge in [0.05, 0.1) is 0 Å². The Kier molecular flexibility index (Phi) is 50.2. The predicted molar refractivity (Wildman–Crippen MR) is 160 cm³/mol. The molecule has 0 aliphatic carbocycles. The Morgan fingerprint density at radius 1 is 0.472 bits per heavy atom. The Balaban J connectivity index is -0.000000219. The average Bonchev–Trinajstić information content (AvgIpc) is 2.87. The molecule has 4 nitrogen and oxygen atoms in total. The van der Waals surface area contributed by atoms with E-state index >= 15 is 0 Å². The molecule has 0 aromatic carbocycles. The van der Waals surface area contributed by atoms with Crippen molar-refractivity contribution in [2.75, 3.05) is 0 Å². The van der Waals surface area contributed by atoms with E-state index in [9.17, 15) is 9.59 Å². The van der Waals surface area contributed by atoms with Crippen LogP contribution in [0.15, 0.2) is 25.3 Å². The Labute approximate surface area is 226 Å². The normalized spacial score (nSPS) is 9.44. The van der Waals surface area contributed by atoms with E-state index < -0.39 is 11.9 Å². The van der Waals surface area contributed by atoms with Crippen LogP contribution in [0.5, 0.6) is 0 Å². The Hall–Kier alpha value is -1.58. The first-order valence-electron chi connectivity index (χ1n) is 15.0. The molecule has 0 rings (SSSR count). The molecule has 4 heteroatoms. The van der Waals surface area contributed by atoms with Gasteiger partial charge in [-0.3, -0.25) is 9.59 Å². The third-order valence-electron chi connectivity index (χ3n) is 5.57. The monoisotopic (exact) mass is 512 g/mol. The van der Waals surface area contributed by atoms with E-state index in [1.165, 1.54) is 89.9 Å². The molecule has 0 aromatic rings. The molecule has 36 heavy (non-hydrogen) atoms. The number of carboxylic acid groups (broad SMARTS) is 2. The molecule has 0 fully saturated rings. The molecule has 0 radical (unpaired) electrons. The zero-order valence-electron chi connectivity index (χ0n) is 24.8. The van der Waals surface area contributed by atoms with Crippen LogP contribution in [-0.4, -0.2) is 22.2 Å². The van der Waals surface area contributed by atoms with E-state index in [2.05, 4.69) is 40.9 Å². The van der Waals surface area contributed by atoms with Gasteiger partial charge in [-0.05, 0) is 25.7 Å². The third-order valence-corrected chi connectivity index (χ3v) is 5.57. The molecule has 0 bridgehead atoms. The van der Waals surface area contributed by atoms with Gasteiger partial charge in [-0.1, -0.05) is 143 Å². The van der Waals surface area contributed by atoms with Gasteiger partial charge in [0, 0.05) is 12.8 Å². The molecule has 0 atom stereocenters. The quantitative estimate of drug-likeness (QED) is 0.112. The summed E-state index contributed by atoms with van der Waals surface area (Å²) < 4.78 is 0. The van der Waals surface area contributed by atoms with E-state index in [0.717, 1.165) is 38.5 Å². The van der Waals surface area contributed by atoms with E-state index in [-0.39, 0.29) is 0 Å². The molecule has 0 unspecified atom stereocenters. The summed E-state index contributed by atoms with van der Waals surface area (Å²) in [6.07, 6.45) is 28.9. The van der Waals surface area contributed by atoms with Gasteiger partial charge in [-0.15, -0.1) is 13.2 Å². The van der Waals surface area contributed by atoms with Crippen LogP contribution in [0, 0.1) is 0 Å². The maximum atomic E-state index is 10.2. The lowest BCUT2D eigenvalue weighted by Crippen LogP contribution is -1.93. The van der Waals surface area contributed by atoms with Crippen molar-refractivity contribution in [2.45, 2.75) is 169 Å². The van der Waals surface area contributed by atoms with Gasteiger partial charge in [-0.25, -0.2) is 0 Å². The molecule has 0 aromatic heterocycles. The van der Waals surface area contributed by atoms with Gasteiger partial charge in [0.1, 0.15) is 0 Å². The molecule has 0 saturated heterocycles. The SMILES string of the molecule is C=CCC.C=CCC.CCCCCCCCCCCC(=O)O.CCCCCCCCCCCC(=O)O. The fourth-order valence-corrected chi connectivity index (χ4v) is 3.17. The minimum absolute atomic E-state index is 0.343. The van der Waals surface area contributed by atoms with Crippen molar-refractivity contribution in [1.29, 1.82) is 0 Å². The molecular formula is C32H64O4. The summed E-state index contributed by atoms with van der Waals surface area (Å²) in [5, 5.41) is 16.8. The van der Waals surface area contributed by atoms with Gasteiger partial charge in [0.2, 0.25) is 0 Å². The molecule has 0 amide bonds. The van der Waals surface area contributed by atoms with Crippen molar-refractivity contribution >= 4 is 11.9 Å². The highest BCUT2D eigenvalue weighted by Crippen LogP contribution is 2.11. The van der Waals surface area contributed by atoms with Crippen LogP contribution in [-0.2, 0) is 9.59 Å². The number of hydrogen-bond donors (Lipinski definition) is 2. The Morgan fingerprint density at radius 3 is 0.833 bits per heavy atom. The number of allylic oxidation sites excluding steroid dienone is 2. The number of unbranched alkanes of at least 4 members (excludes halogenated alkanes) is 16. The fraction of sp³-hybridized carbons (Fsp3) is 0.812.